The minimum Gasteiger partial charge on any atom is -0.382 e. The zero-order valence-corrected chi connectivity index (χ0v) is 15.8. The molecular formula is C20H34N4O. The monoisotopic (exact) mass is 346 g/mol. The quantitative estimate of drug-likeness (QED) is 0.389. The third-order valence-corrected chi connectivity index (χ3v) is 4.66. The number of hydrogen-bond acceptors (Lipinski definition) is 3. The fraction of sp³-hybridized carbons (Fsp3) is 0.650. The lowest BCUT2D eigenvalue weighted by molar-refractivity contribution is 0.143. The van der Waals surface area contributed by atoms with Crippen molar-refractivity contribution in [2.45, 2.75) is 38.6 Å². The molecule has 0 saturated carbocycles. The molecule has 1 aromatic rings. The van der Waals surface area contributed by atoms with Gasteiger partial charge in [-0.05, 0) is 51.3 Å². The number of benzene rings is 1. The zero-order chi connectivity index (χ0) is 17.7. The van der Waals surface area contributed by atoms with Crippen LogP contribution in [0.2, 0.25) is 0 Å². The van der Waals surface area contributed by atoms with Crippen LogP contribution in [-0.2, 0) is 4.74 Å². The summed E-state index contributed by atoms with van der Waals surface area (Å²) < 4.78 is 5.37. The SMILES string of the molecule is CCOCCCCNC(=NC)NCC(c1ccccc1)N1CCCC1. The number of nitrogens with one attached hydrogen (secondary N) is 2. The summed E-state index contributed by atoms with van der Waals surface area (Å²) in [4.78, 5) is 6.94. The molecule has 0 aromatic heterocycles. The first-order valence-corrected chi connectivity index (χ1v) is 9.66. The van der Waals surface area contributed by atoms with Crippen molar-refractivity contribution in [3.05, 3.63) is 35.9 Å². The Bertz CT molecular complexity index is 486. The molecule has 1 aliphatic heterocycles. The van der Waals surface area contributed by atoms with E-state index in [9.17, 15) is 0 Å². The van der Waals surface area contributed by atoms with Gasteiger partial charge in [0.15, 0.2) is 5.96 Å². The molecule has 1 fully saturated rings. The summed E-state index contributed by atoms with van der Waals surface area (Å²) in [6, 6.07) is 11.2. The molecule has 0 radical (unpaired) electrons. The van der Waals surface area contributed by atoms with Crippen LogP contribution >= 0.6 is 0 Å². The predicted octanol–water partition coefficient (Wildman–Crippen LogP) is 2.81. The van der Waals surface area contributed by atoms with Gasteiger partial charge in [0.2, 0.25) is 0 Å². The molecule has 5 nitrogen and oxygen atoms in total. The summed E-state index contributed by atoms with van der Waals surface area (Å²) in [6.07, 6.45) is 4.78. The van der Waals surface area contributed by atoms with Crippen LogP contribution in [0.1, 0.15) is 44.2 Å². The first-order valence-electron chi connectivity index (χ1n) is 9.66. The average Bonchev–Trinajstić information content (AvgIpc) is 3.18. The van der Waals surface area contributed by atoms with Gasteiger partial charge >= 0.3 is 0 Å². The highest BCUT2D eigenvalue weighted by Crippen LogP contribution is 2.24. The van der Waals surface area contributed by atoms with E-state index in [0.29, 0.717) is 6.04 Å². The number of hydrogen-bond donors (Lipinski definition) is 2. The van der Waals surface area contributed by atoms with Gasteiger partial charge in [0, 0.05) is 33.4 Å². The molecule has 140 valence electrons. The first-order chi connectivity index (χ1) is 12.3. The van der Waals surface area contributed by atoms with Crippen LogP contribution < -0.4 is 10.6 Å². The van der Waals surface area contributed by atoms with E-state index in [0.717, 1.165) is 45.1 Å². The number of nitrogens with zero attached hydrogens (tertiary/aromatic N) is 2. The minimum absolute atomic E-state index is 0.403. The third kappa shape index (κ3) is 7.04. The molecule has 5 heteroatoms. The molecule has 1 atom stereocenters. The second-order valence-corrected chi connectivity index (χ2v) is 6.45. The number of unbranched alkanes of at least 4 members (excludes halogenated alkanes) is 1. The molecule has 1 heterocycles. The van der Waals surface area contributed by atoms with Crippen molar-refractivity contribution >= 4 is 5.96 Å². The molecule has 2 N–H and O–H groups in total. The van der Waals surface area contributed by atoms with Crippen LogP contribution in [0.4, 0.5) is 0 Å². The van der Waals surface area contributed by atoms with Crippen LogP contribution in [0.25, 0.3) is 0 Å². The number of guanidine groups is 1. The molecule has 0 bridgehead atoms. The summed E-state index contributed by atoms with van der Waals surface area (Å²) in [5, 5.41) is 6.92. The maximum Gasteiger partial charge on any atom is 0.191 e. The summed E-state index contributed by atoms with van der Waals surface area (Å²) in [5.74, 6) is 0.886. The van der Waals surface area contributed by atoms with Gasteiger partial charge in [-0.25, -0.2) is 0 Å². The second kappa shape index (κ2) is 11.9. The van der Waals surface area contributed by atoms with Gasteiger partial charge in [-0.15, -0.1) is 0 Å². The normalized spacial score (nSPS) is 16.8. The van der Waals surface area contributed by atoms with Crippen molar-refractivity contribution in [3.63, 3.8) is 0 Å². The molecular weight excluding hydrogens is 312 g/mol. The topological polar surface area (TPSA) is 48.9 Å². The average molecular weight is 347 g/mol. The lowest BCUT2D eigenvalue weighted by Crippen LogP contribution is -2.43. The van der Waals surface area contributed by atoms with Crippen molar-refractivity contribution in [3.8, 4) is 0 Å². The van der Waals surface area contributed by atoms with Crippen molar-refractivity contribution in [2.75, 3.05) is 46.4 Å². The Hall–Kier alpha value is -1.59. The van der Waals surface area contributed by atoms with Gasteiger partial charge in [0.1, 0.15) is 0 Å². The van der Waals surface area contributed by atoms with E-state index in [1.165, 1.54) is 31.5 Å². The summed E-state index contributed by atoms with van der Waals surface area (Å²) >= 11 is 0. The Balaban J connectivity index is 1.80. The fourth-order valence-electron chi connectivity index (χ4n) is 3.28. The molecule has 2 rings (SSSR count). The Kier molecular flexibility index (Phi) is 9.37. The molecule has 1 saturated heterocycles. The molecule has 1 aromatic carbocycles. The van der Waals surface area contributed by atoms with Crippen LogP contribution in [0.15, 0.2) is 35.3 Å². The van der Waals surface area contributed by atoms with Gasteiger partial charge in [0.05, 0.1) is 6.04 Å². The van der Waals surface area contributed by atoms with Gasteiger partial charge < -0.3 is 15.4 Å². The molecule has 25 heavy (non-hydrogen) atoms. The minimum atomic E-state index is 0.403. The highest BCUT2D eigenvalue weighted by Gasteiger charge is 2.23. The largest absolute Gasteiger partial charge is 0.382 e. The van der Waals surface area contributed by atoms with Gasteiger partial charge in [-0.2, -0.15) is 0 Å². The van der Waals surface area contributed by atoms with Crippen molar-refractivity contribution < 1.29 is 4.74 Å². The van der Waals surface area contributed by atoms with E-state index in [1.54, 1.807) is 0 Å². The van der Waals surface area contributed by atoms with Crippen LogP contribution in [0, 0.1) is 0 Å². The lowest BCUT2D eigenvalue weighted by atomic mass is 10.1. The first kappa shape index (κ1) is 19.7. The smallest absolute Gasteiger partial charge is 0.191 e. The summed E-state index contributed by atoms with van der Waals surface area (Å²) in [5.41, 5.74) is 1.38. The summed E-state index contributed by atoms with van der Waals surface area (Å²) in [7, 11) is 1.84. The number of ether oxygens (including phenoxy) is 1. The van der Waals surface area contributed by atoms with E-state index >= 15 is 0 Å². The number of likely N-dealkylation sites (tertiary alicyclic amines) is 1. The molecule has 1 unspecified atom stereocenters. The van der Waals surface area contributed by atoms with Gasteiger partial charge in [-0.1, -0.05) is 30.3 Å². The molecule has 0 spiro atoms. The van der Waals surface area contributed by atoms with Gasteiger partial charge in [0.25, 0.3) is 0 Å². The number of rotatable bonds is 10. The standard InChI is InChI=1S/C20H34N4O/c1-3-25-16-10-7-13-22-20(21-2)23-17-19(24-14-8-9-15-24)18-11-5-4-6-12-18/h4-6,11-12,19H,3,7-10,13-17H2,1-2H3,(H2,21,22,23). The summed E-state index contributed by atoms with van der Waals surface area (Å²) in [6.45, 7) is 7.85. The van der Waals surface area contributed by atoms with E-state index in [4.69, 9.17) is 4.74 Å². The van der Waals surface area contributed by atoms with E-state index in [2.05, 4.69) is 50.9 Å². The van der Waals surface area contributed by atoms with Crippen molar-refractivity contribution in [1.29, 1.82) is 0 Å². The maximum atomic E-state index is 5.37. The Labute approximate surface area is 152 Å². The van der Waals surface area contributed by atoms with E-state index < -0.39 is 0 Å². The van der Waals surface area contributed by atoms with Crippen LogP contribution in [0.5, 0.6) is 0 Å². The molecule has 0 amide bonds. The Morgan fingerprint density at radius 3 is 2.60 bits per heavy atom. The van der Waals surface area contributed by atoms with E-state index in [-0.39, 0.29) is 0 Å². The highest BCUT2D eigenvalue weighted by molar-refractivity contribution is 5.79. The van der Waals surface area contributed by atoms with Gasteiger partial charge in [-0.3, -0.25) is 9.89 Å². The zero-order valence-electron chi connectivity index (χ0n) is 15.8. The van der Waals surface area contributed by atoms with Crippen molar-refractivity contribution in [1.82, 2.24) is 15.5 Å². The Morgan fingerprint density at radius 2 is 1.92 bits per heavy atom. The Morgan fingerprint density at radius 1 is 1.16 bits per heavy atom. The molecule has 0 aliphatic carbocycles. The number of aliphatic imine (C=N–C) groups is 1. The van der Waals surface area contributed by atoms with Crippen molar-refractivity contribution in [2.24, 2.45) is 4.99 Å². The van der Waals surface area contributed by atoms with Crippen LogP contribution in [-0.4, -0.2) is 57.3 Å². The van der Waals surface area contributed by atoms with Crippen LogP contribution in [0.3, 0.4) is 0 Å². The third-order valence-electron chi connectivity index (χ3n) is 4.66. The second-order valence-electron chi connectivity index (χ2n) is 6.45. The maximum absolute atomic E-state index is 5.37. The fourth-order valence-corrected chi connectivity index (χ4v) is 3.28. The predicted molar refractivity (Wildman–Crippen MR) is 105 cm³/mol. The lowest BCUT2D eigenvalue weighted by Gasteiger charge is -2.29. The van der Waals surface area contributed by atoms with E-state index in [1.807, 2.05) is 14.0 Å². The highest BCUT2D eigenvalue weighted by atomic mass is 16.5. The molecule has 1 aliphatic rings.